The summed E-state index contributed by atoms with van der Waals surface area (Å²) in [7, 11) is 0. The van der Waals surface area contributed by atoms with Gasteiger partial charge >= 0.3 is 0 Å². The number of rotatable bonds is 5. The number of ether oxygens (including phenoxy) is 1. The first-order valence-electron chi connectivity index (χ1n) is 5.66. The number of nitrogens with one attached hydrogen (secondary N) is 1. The second-order valence-electron chi connectivity index (χ2n) is 4.04. The molecule has 0 saturated heterocycles. The number of halogens is 2. The minimum atomic E-state index is 0. The van der Waals surface area contributed by atoms with E-state index in [0.717, 1.165) is 12.3 Å². The molecule has 0 bridgehead atoms. The molecule has 4 heteroatoms. The van der Waals surface area contributed by atoms with Crippen LogP contribution in [0.5, 0.6) is 5.75 Å². The van der Waals surface area contributed by atoms with Crippen molar-refractivity contribution in [3.05, 3.63) is 29.3 Å². The Bertz CT molecular complexity index is 326. The van der Waals surface area contributed by atoms with Crippen LogP contribution in [-0.2, 0) is 0 Å². The van der Waals surface area contributed by atoms with Gasteiger partial charge in [0.15, 0.2) is 4.11 Å². The Hall–Kier alpha value is -0.000000000000000111. The number of hydrogen-bond acceptors (Lipinski definition) is 2. The quantitative estimate of drug-likeness (QED) is 0.628. The number of hydrogen-bond donors (Lipinski definition) is 1. The minimum Gasteiger partial charge on any atom is -0.478 e. The Morgan fingerprint density at radius 1 is 1.29 bits per heavy atom. The highest BCUT2D eigenvalue weighted by atomic mass is 127. The molecule has 17 heavy (non-hydrogen) atoms. The van der Waals surface area contributed by atoms with Gasteiger partial charge in [0.05, 0.1) is 6.04 Å². The van der Waals surface area contributed by atoms with Gasteiger partial charge in [-0.05, 0) is 61.0 Å². The van der Waals surface area contributed by atoms with Crippen LogP contribution in [0.2, 0.25) is 0 Å². The first-order chi connectivity index (χ1) is 7.56. The van der Waals surface area contributed by atoms with Crippen LogP contribution in [0.3, 0.4) is 0 Å². The Morgan fingerprint density at radius 2 is 1.82 bits per heavy atom. The maximum absolute atomic E-state index is 6.01. The fourth-order valence-electron chi connectivity index (χ4n) is 1.61. The lowest BCUT2D eigenvalue weighted by molar-refractivity contribution is 0.254. The smallest absolute Gasteiger partial charge is 0.164 e. The van der Waals surface area contributed by atoms with E-state index in [1.165, 1.54) is 11.1 Å². The molecule has 0 fully saturated rings. The van der Waals surface area contributed by atoms with E-state index in [1.54, 1.807) is 0 Å². The molecule has 0 aliphatic rings. The van der Waals surface area contributed by atoms with Crippen molar-refractivity contribution in [2.24, 2.45) is 0 Å². The van der Waals surface area contributed by atoms with E-state index >= 15 is 0 Å². The first-order valence-corrected chi connectivity index (χ1v) is 6.91. The van der Waals surface area contributed by atoms with Crippen LogP contribution in [0.15, 0.2) is 18.2 Å². The fraction of sp³-hybridized carbons (Fsp3) is 0.538. The van der Waals surface area contributed by atoms with Gasteiger partial charge in [-0.3, -0.25) is 0 Å². The first kappa shape index (κ1) is 17.0. The summed E-state index contributed by atoms with van der Waals surface area (Å²) in [4.78, 5) is 0. The normalized spacial score (nSPS) is 13.7. The molecular formula is C13H21ClINO. The number of alkyl halides is 1. The standard InChI is InChI=1S/C13H20INO.ClH/c1-5-15-11(4)13(14)16-12-9(2)7-6-8-10(12)3;/h6-8,11,13,15H,5H2,1-4H3;1H. The van der Waals surface area contributed by atoms with Gasteiger partial charge in [-0.15, -0.1) is 12.4 Å². The number of likely N-dealkylation sites (N-methyl/N-ethyl adjacent to an activating group) is 1. The summed E-state index contributed by atoms with van der Waals surface area (Å²) in [5, 5.41) is 3.37. The lowest BCUT2D eigenvalue weighted by Gasteiger charge is -2.22. The highest BCUT2D eigenvalue weighted by molar-refractivity contribution is 14.1. The van der Waals surface area contributed by atoms with Crippen LogP contribution in [0, 0.1) is 13.8 Å². The molecule has 1 N–H and O–H groups in total. The summed E-state index contributed by atoms with van der Waals surface area (Å²) in [6.45, 7) is 9.40. The second-order valence-corrected chi connectivity index (χ2v) is 5.26. The van der Waals surface area contributed by atoms with Crippen molar-refractivity contribution in [1.82, 2.24) is 5.32 Å². The van der Waals surface area contributed by atoms with Gasteiger partial charge in [-0.1, -0.05) is 25.1 Å². The highest BCUT2D eigenvalue weighted by Gasteiger charge is 2.16. The average Bonchev–Trinajstić information content (AvgIpc) is 2.23. The number of para-hydroxylation sites is 1. The molecular weight excluding hydrogens is 349 g/mol. The van der Waals surface area contributed by atoms with E-state index < -0.39 is 0 Å². The van der Waals surface area contributed by atoms with Crippen molar-refractivity contribution in [1.29, 1.82) is 0 Å². The molecule has 0 amide bonds. The zero-order valence-electron chi connectivity index (χ0n) is 10.8. The van der Waals surface area contributed by atoms with Gasteiger partial charge in [0, 0.05) is 0 Å². The predicted molar refractivity (Wildman–Crippen MR) is 84.7 cm³/mol. The largest absolute Gasteiger partial charge is 0.478 e. The molecule has 1 aromatic rings. The third-order valence-corrected chi connectivity index (χ3v) is 3.89. The summed E-state index contributed by atoms with van der Waals surface area (Å²) in [5.74, 6) is 1.02. The van der Waals surface area contributed by atoms with Gasteiger partial charge in [0.25, 0.3) is 0 Å². The van der Waals surface area contributed by atoms with Gasteiger partial charge in [-0.2, -0.15) is 0 Å². The lowest BCUT2D eigenvalue weighted by Crippen LogP contribution is -2.37. The summed E-state index contributed by atoms with van der Waals surface area (Å²) < 4.78 is 6.16. The molecule has 0 spiro atoms. The van der Waals surface area contributed by atoms with Gasteiger partial charge in [-0.25, -0.2) is 0 Å². The zero-order valence-corrected chi connectivity index (χ0v) is 13.8. The molecule has 0 radical (unpaired) electrons. The SMILES string of the molecule is CCNC(C)C(I)Oc1c(C)cccc1C.Cl. The topological polar surface area (TPSA) is 21.3 Å². The highest BCUT2D eigenvalue weighted by Crippen LogP contribution is 2.25. The van der Waals surface area contributed by atoms with E-state index in [-0.39, 0.29) is 16.5 Å². The molecule has 1 aromatic carbocycles. The Balaban J connectivity index is 0.00000256. The zero-order chi connectivity index (χ0) is 12.1. The summed E-state index contributed by atoms with van der Waals surface area (Å²) in [6.07, 6.45) is 0. The third kappa shape index (κ3) is 5.02. The van der Waals surface area contributed by atoms with E-state index in [1.807, 2.05) is 0 Å². The molecule has 2 atom stereocenters. The summed E-state index contributed by atoms with van der Waals surface area (Å²) in [5.41, 5.74) is 2.40. The van der Waals surface area contributed by atoms with Crippen LogP contribution in [0.4, 0.5) is 0 Å². The Morgan fingerprint density at radius 3 is 2.29 bits per heavy atom. The van der Waals surface area contributed by atoms with Gasteiger partial charge in [0.1, 0.15) is 5.75 Å². The number of aryl methyl sites for hydroxylation is 2. The monoisotopic (exact) mass is 369 g/mol. The molecule has 0 saturated carbocycles. The lowest BCUT2D eigenvalue weighted by atomic mass is 10.1. The maximum atomic E-state index is 6.01. The molecule has 0 aromatic heterocycles. The second kappa shape index (κ2) is 8.16. The van der Waals surface area contributed by atoms with E-state index in [9.17, 15) is 0 Å². The van der Waals surface area contributed by atoms with Gasteiger partial charge < -0.3 is 10.1 Å². The third-order valence-electron chi connectivity index (χ3n) is 2.56. The van der Waals surface area contributed by atoms with Crippen molar-refractivity contribution in [3.8, 4) is 5.75 Å². The molecule has 98 valence electrons. The van der Waals surface area contributed by atoms with E-state index in [4.69, 9.17) is 4.74 Å². The fourth-order valence-corrected chi connectivity index (χ4v) is 2.12. The van der Waals surface area contributed by atoms with Crippen LogP contribution < -0.4 is 10.1 Å². The average molecular weight is 370 g/mol. The predicted octanol–water partition coefficient (Wildman–Crippen LogP) is 3.86. The Labute approximate surface area is 124 Å². The van der Waals surface area contributed by atoms with Crippen molar-refractivity contribution in [2.45, 2.75) is 37.8 Å². The summed E-state index contributed by atoms with van der Waals surface area (Å²) >= 11 is 2.34. The maximum Gasteiger partial charge on any atom is 0.164 e. The minimum absolute atomic E-state index is 0. The van der Waals surface area contributed by atoms with E-state index in [0.29, 0.717) is 6.04 Å². The van der Waals surface area contributed by atoms with Crippen LogP contribution in [0.1, 0.15) is 25.0 Å². The van der Waals surface area contributed by atoms with Crippen molar-refractivity contribution >= 4 is 35.0 Å². The molecule has 0 aliphatic heterocycles. The van der Waals surface area contributed by atoms with Crippen LogP contribution in [-0.4, -0.2) is 16.7 Å². The van der Waals surface area contributed by atoms with E-state index in [2.05, 4.69) is 73.8 Å². The molecule has 0 heterocycles. The van der Waals surface area contributed by atoms with Crippen LogP contribution in [0.25, 0.3) is 0 Å². The van der Waals surface area contributed by atoms with Gasteiger partial charge in [0.2, 0.25) is 0 Å². The molecule has 0 aliphatic carbocycles. The molecule has 1 rings (SSSR count). The van der Waals surface area contributed by atoms with Crippen LogP contribution >= 0.6 is 35.0 Å². The Kier molecular flexibility index (Phi) is 8.16. The summed E-state index contributed by atoms with van der Waals surface area (Å²) in [6, 6.07) is 6.59. The molecule has 2 nitrogen and oxygen atoms in total. The van der Waals surface area contributed by atoms with Crippen molar-refractivity contribution in [2.75, 3.05) is 6.54 Å². The van der Waals surface area contributed by atoms with Crippen molar-refractivity contribution < 1.29 is 4.74 Å². The number of benzene rings is 1. The van der Waals surface area contributed by atoms with Crippen molar-refractivity contribution in [3.63, 3.8) is 0 Å². The molecule has 2 unspecified atom stereocenters.